The second-order valence-corrected chi connectivity index (χ2v) is 8.79. The lowest BCUT2D eigenvalue weighted by Crippen LogP contribution is -2.29. The number of aromatic nitrogens is 1. The van der Waals surface area contributed by atoms with Crippen molar-refractivity contribution in [1.29, 1.82) is 0 Å². The van der Waals surface area contributed by atoms with E-state index in [4.69, 9.17) is 0 Å². The predicted octanol–water partition coefficient (Wildman–Crippen LogP) is 4.95. The van der Waals surface area contributed by atoms with Crippen LogP contribution in [0.5, 0.6) is 0 Å². The number of amides is 2. The van der Waals surface area contributed by atoms with Crippen LogP contribution in [0.1, 0.15) is 51.1 Å². The summed E-state index contributed by atoms with van der Waals surface area (Å²) in [6, 6.07) is 16.8. The Kier molecular flexibility index (Phi) is 4.37. The molecule has 0 radical (unpaired) electrons. The minimum absolute atomic E-state index is 0.000206. The standard InChI is InChI=1S/C27H22N2O4/c30-24(31)13-14-28-23-15-17(29-26(32)21-7-3-4-8-22(21)27(29)33)10-12-19(23)20-11-9-16-5-1-2-6-18(16)25(20)28/h3-4,7-12,15H,1-2,5-6,13-14H2,(H,30,31). The van der Waals surface area contributed by atoms with Gasteiger partial charge in [-0.1, -0.05) is 30.3 Å². The van der Waals surface area contributed by atoms with E-state index in [2.05, 4.69) is 16.7 Å². The highest BCUT2D eigenvalue weighted by Gasteiger charge is 2.36. The number of fused-ring (bicyclic) bond motifs is 6. The molecule has 0 saturated carbocycles. The zero-order valence-electron chi connectivity index (χ0n) is 18.0. The molecule has 4 aromatic rings. The van der Waals surface area contributed by atoms with Gasteiger partial charge in [0.2, 0.25) is 0 Å². The van der Waals surface area contributed by atoms with Gasteiger partial charge in [-0.2, -0.15) is 0 Å². The summed E-state index contributed by atoms with van der Waals surface area (Å²) < 4.78 is 2.07. The molecule has 0 atom stereocenters. The van der Waals surface area contributed by atoms with Gasteiger partial charge in [-0.05, 0) is 61.1 Å². The number of nitrogens with zero attached hydrogens (tertiary/aromatic N) is 2. The van der Waals surface area contributed by atoms with Gasteiger partial charge in [-0.15, -0.1) is 0 Å². The molecular weight excluding hydrogens is 416 g/mol. The highest BCUT2D eigenvalue weighted by Crippen LogP contribution is 2.38. The Labute approximate surface area is 190 Å². The fourth-order valence-electron chi connectivity index (χ4n) is 5.43. The number of carbonyl (C=O) groups excluding carboxylic acids is 2. The van der Waals surface area contributed by atoms with Gasteiger partial charge in [0, 0.05) is 17.3 Å². The Morgan fingerprint density at radius 3 is 2.30 bits per heavy atom. The molecule has 3 aromatic carbocycles. The monoisotopic (exact) mass is 438 g/mol. The number of hydrogen-bond donors (Lipinski definition) is 1. The lowest BCUT2D eigenvalue weighted by atomic mass is 9.90. The first-order chi connectivity index (χ1) is 16.0. The molecule has 1 aliphatic carbocycles. The topological polar surface area (TPSA) is 79.6 Å². The van der Waals surface area contributed by atoms with Crippen molar-refractivity contribution in [2.75, 3.05) is 4.90 Å². The van der Waals surface area contributed by atoms with Crippen LogP contribution in [0.15, 0.2) is 54.6 Å². The molecule has 164 valence electrons. The Morgan fingerprint density at radius 1 is 0.879 bits per heavy atom. The van der Waals surface area contributed by atoms with Crippen LogP contribution >= 0.6 is 0 Å². The average Bonchev–Trinajstić information content (AvgIpc) is 3.29. The summed E-state index contributed by atoms with van der Waals surface area (Å²) >= 11 is 0. The van der Waals surface area contributed by atoms with Gasteiger partial charge in [0.15, 0.2) is 0 Å². The fraction of sp³-hybridized carbons (Fsp3) is 0.222. The second-order valence-electron chi connectivity index (χ2n) is 8.79. The number of rotatable bonds is 4. The summed E-state index contributed by atoms with van der Waals surface area (Å²) in [7, 11) is 0. The van der Waals surface area contributed by atoms with E-state index in [1.807, 2.05) is 18.2 Å². The summed E-state index contributed by atoms with van der Waals surface area (Å²) in [6.07, 6.45) is 4.29. The van der Waals surface area contributed by atoms with E-state index < -0.39 is 5.97 Å². The van der Waals surface area contributed by atoms with Gasteiger partial charge in [-0.3, -0.25) is 14.4 Å². The first-order valence-corrected chi connectivity index (χ1v) is 11.3. The van der Waals surface area contributed by atoms with Crippen molar-refractivity contribution in [3.63, 3.8) is 0 Å². The van der Waals surface area contributed by atoms with Gasteiger partial charge < -0.3 is 9.67 Å². The molecule has 1 aromatic heterocycles. The minimum Gasteiger partial charge on any atom is -0.481 e. The quantitative estimate of drug-likeness (QED) is 0.457. The number of hydrogen-bond acceptors (Lipinski definition) is 3. The van der Waals surface area contributed by atoms with Crippen LogP contribution in [0.3, 0.4) is 0 Å². The van der Waals surface area contributed by atoms with Gasteiger partial charge in [0.05, 0.1) is 34.3 Å². The van der Waals surface area contributed by atoms with Crippen molar-refractivity contribution in [2.45, 2.75) is 38.6 Å². The van der Waals surface area contributed by atoms with Gasteiger partial charge >= 0.3 is 5.97 Å². The molecule has 1 aliphatic heterocycles. The highest BCUT2D eigenvalue weighted by molar-refractivity contribution is 6.34. The molecule has 2 amide bonds. The number of aryl methyl sites for hydroxylation is 3. The van der Waals surface area contributed by atoms with Crippen molar-refractivity contribution in [2.24, 2.45) is 0 Å². The van der Waals surface area contributed by atoms with Crippen molar-refractivity contribution in [1.82, 2.24) is 4.57 Å². The number of carbonyl (C=O) groups is 3. The first-order valence-electron chi connectivity index (χ1n) is 11.3. The summed E-state index contributed by atoms with van der Waals surface area (Å²) in [5.74, 6) is -1.52. The summed E-state index contributed by atoms with van der Waals surface area (Å²) in [6.45, 7) is 0.331. The third-order valence-electron chi connectivity index (χ3n) is 6.94. The van der Waals surface area contributed by atoms with Crippen LogP contribution in [0.4, 0.5) is 5.69 Å². The Bertz CT molecular complexity index is 1460. The van der Waals surface area contributed by atoms with Crippen LogP contribution in [-0.4, -0.2) is 27.5 Å². The number of anilines is 1. The number of imide groups is 1. The molecular formula is C27H22N2O4. The minimum atomic E-state index is -0.855. The number of aliphatic carboxylic acids is 1. The maximum absolute atomic E-state index is 13.0. The van der Waals surface area contributed by atoms with Gasteiger partial charge in [0.25, 0.3) is 11.8 Å². The number of carboxylic acid groups (broad SMARTS) is 1. The van der Waals surface area contributed by atoms with Crippen molar-refractivity contribution >= 4 is 45.3 Å². The van der Waals surface area contributed by atoms with Crippen LogP contribution in [0.2, 0.25) is 0 Å². The third kappa shape index (κ3) is 2.90. The smallest absolute Gasteiger partial charge is 0.305 e. The molecule has 0 unspecified atom stereocenters. The second kappa shape index (κ2) is 7.30. The summed E-state index contributed by atoms with van der Waals surface area (Å²) in [4.78, 5) is 38.7. The number of benzene rings is 3. The van der Waals surface area contributed by atoms with E-state index >= 15 is 0 Å². The molecule has 2 heterocycles. The van der Waals surface area contributed by atoms with Crippen LogP contribution < -0.4 is 4.90 Å². The van der Waals surface area contributed by atoms with E-state index in [1.54, 1.807) is 24.3 Å². The lowest BCUT2D eigenvalue weighted by Gasteiger charge is -2.18. The zero-order valence-corrected chi connectivity index (χ0v) is 18.0. The molecule has 0 bridgehead atoms. The third-order valence-corrected chi connectivity index (χ3v) is 6.94. The van der Waals surface area contributed by atoms with E-state index in [9.17, 15) is 19.5 Å². The van der Waals surface area contributed by atoms with Gasteiger partial charge in [-0.25, -0.2) is 4.90 Å². The predicted molar refractivity (Wildman–Crippen MR) is 126 cm³/mol. The van der Waals surface area contributed by atoms with Crippen LogP contribution in [0.25, 0.3) is 21.8 Å². The summed E-state index contributed by atoms with van der Waals surface area (Å²) in [5.41, 5.74) is 5.87. The molecule has 6 rings (SSSR count). The number of carboxylic acids is 1. The molecule has 33 heavy (non-hydrogen) atoms. The van der Waals surface area contributed by atoms with Crippen LogP contribution in [-0.2, 0) is 24.2 Å². The molecule has 2 aliphatic rings. The maximum Gasteiger partial charge on any atom is 0.305 e. The molecule has 0 spiro atoms. The Morgan fingerprint density at radius 2 is 1.58 bits per heavy atom. The van der Waals surface area contributed by atoms with E-state index in [0.29, 0.717) is 23.4 Å². The molecule has 1 N–H and O–H groups in total. The molecule has 0 saturated heterocycles. The van der Waals surface area contributed by atoms with E-state index in [0.717, 1.165) is 47.5 Å². The van der Waals surface area contributed by atoms with Crippen molar-refractivity contribution in [3.8, 4) is 0 Å². The lowest BCUT2D eigenvalue weighted by molar-refractivity contribution is -0.137. The Balaban J connectivity index is 1.57. The molecule has 6 heteroatoms. The fourth-order valence-corrected chi connectivity index (χ4v) is 5.43. The average molecular weight is 438 g/mol. The van der Waals surface area contributed by atoms with Gasteiger partial charge in [0.1, 0.15) is 0 Å². The molecule has 0 fully saturated rings. The largest absolute Gasteiger partial charge is 0.481 e. The van der Waals surface area contributed by atoms with Crippen molar-refractivity contribution in [3.05, 3.63) is 76.9 Å². The first kappa shape index (κ1) is 19.7. The van der Waals surface area contributed by atoms with Crippen molar-refractivity contribution < 1.29 is 19.5 Å². The van der Waals surface area contributed by atoms with Crippen LogP contribution in [0, 0.1) is 0 Å². The summed E-state index contributed by atoms with van der Waals surface area (Å²) in [5, 5.41) is 11.5. The van der Waals surface area contributed by atoms with E-state index in [1.165, 1.54) is 16.0 Å². The normalized spacial score (nSPS) is 15.3. The molecule has 6 nitrogen and oxygen atoms in total. The highest BCUT2D eigenvalue weighted by atomic mass is 16.4. The Hall–Kier alpha value is -3.93. The zero-order chi connectivity index (χ0) is 22.7. The maximum atomic E-state index is 13.0. The van der Waals surface area contributed by atoms with E-state index in [-0.39, 0.29) is 18.2 Å². The SMILES string of the molecule is O=C(O)CCn1c2cc(N3C(=O)c4ccccc4C3=O)ccc2c2ccc3c(c21)CCCC3.